The maximum Gasteiger partial charge on any atom is 0.155 e. The largest absolute Gasteiger partial charge is 0.492 e. The lowest BCUT2D eigenvalue weighted by Crippen LogP contribution is -2.25. The molecule has 8 nitrogen and oxygen atoms in total. The number of nitrogen functional groups attached to an aromatic ring is 1. The highest BCUT2D eigenvalue weighted by Crippen LogP contribution is 2.36. The van der Waals surface area contributed by atoms with Gasteiger partial charge in [-0.3, -0.25) is 15.0 Å². The van der Waals surface area contributed by atoms with Gasteiger partial charge in [-0.2, -0.15) is 5.10 Å². The van der Waals surface area contributed by atoms with Crippen molar-refractivity contribution in [1.82, 2.24) is 30.0 Å². The lowest BCUT2D eigenvalue weighted by molar-refractivity contribution is 0.237. The molecule has 40 heavy (non-hydrogen) atoms. The Bertz CT molecular complexity index is 1840. The quantitative estimate of drug-likeness (QED) is 0.231. The molecule has 0 bridgehead atoms. The molecule has 1 aliphatic heterocycles. The van der Waals surface area contributed by atoms with Gasteiger partial charge in [-0.25, -0.2) is 9.37 Å². The molecule has 7 rings (SSSR count). The molecular weight excluding hydrogens is 505 g/mol. The van der Waals surface area contributed by atoms with Gasteiger partial charge in [0.05, 0.1) is 11.4 Å². The van der Waals surface area contributed by atoms with Crippen molar-refractivity contribution in [2.45, 2.75) is 12.8 Å². The minimum absolute atomic E-state index is 0.325. The number of aromatic amines is 2. The Morgan fingerprint density at radius 3 is 2.67 bits per heavy atom. The third kappa shape index (κ3) is 4.65. The Kier molecular flexibility index (Phi) is 6.13. The SMILES string of the molecule is Nc1cncc(-c2cnc3[nH]nc(-c4cc5c(-c6cc(F)cc(OCCN7CCCC7)c6)cccc5[nH]4)c3c2)c1. The summed E-state index contributed by atoms with van der Waals surface area (Å²) >= 11 is 0. The van der Waals surface area contributed by atoms with Crippen molar-refractivity contribution in [1.29, 1.82) is 0 Å². The Labute approximate surface area is 230 Å². The highest BCUT2D eigenvalue weighted by molar-refractivity contribution is 6.01. The number of halogens is 1. The summed E-state index contributed by atoms with van der Waals surface area (Å²) in [4.78, 5) is 14.6. The zero-order valence-electron chi connectivity index (χ0n) is 21.8. The van der Waals surface area contributed by atoms with E-state index in [1.807, 2.05) is 42.5 Å². The molecule has 4 N–H and O–H groups in total. The highest BCUT2D eigenvalue weighted by Gasteiger charge is 2.16. The number of H-pyrrole nitrogens is 2. The Morgan fingerprint density at radius 2 is 1.80 bits per heavy atom. The normalized spacial score (nSPS) is 13.9. The Hall–Kier alpha value is -4.76. The van der Waals surface area contributed by atoms with Gasteiger partial charge >= 0.3 is 0 Å². The van der Waals surface area contributed by atoms with Gasteiger partial charge in [0.1, 0.15) is 23.9 Å². The van der Waals surface area contributed by atoms with Crippen LogP contribution in [0.3, 0.4) is 0 Å². The topological polar surface area (TPSA) is 109 Å². The van der Waals surface area contributed by atoms with Crippen LogP contribution >= 0.6 is 0 Å². The summed E-state index contributed by atoms with van der Waals surface area (Å²) in [5.74, 6) is 0.212. The third-order valence-corrected chi connectivity index (χ3v) is 7.49. The number of nitrogens with zero attached hydrogens (tertiary/aromatic N) is 4. The zero-order chi connectivity index (χ0) is 27.1. The average molecular weight is 534 g/mol. The number of hydrogen-bond donors (Lipinski definition) is 3. The number of likely N-dealkylation sites (tertiary alicyclic amines) is 1. The van der Waals surface area contributed by atoms with E-state index in [9.17, 15) is 4.39 Å². The summed E-state index contributed by atoms with van der Waals surface area (Å²) in [6, 6.07) is 16.8. The Balaban J connectivity index is 1.23. The van der Waals surface area contributed by atoms with E-state index in [1.54, 1.807) is 24.7 Å². The molecule has 0 saturated carbocycles. The highest BCUT2D eigenvalue weighted by atomic mass is 19.1. The molecule has 9 heteroatoms. The molecule has 1 saturated heterocycles. The second-order valence-electron chi connectivity index (χ2n) is 10.2. The van der Waals surface area contributed by atoms with Crippen LogP contribution in [-0.2, 0) is 0 Å². The molecule has 1 aliphatic rings. The van der Waals surface area contributed by atoms with Gasteiger partial charge in [0, 0.05) is 58.6 Å². The maximum absolute atomic E-state index is 14.7. The predicted molar refractivity (Wildman–Crippen MR) is 155 cm³/mol. The van der Waals surface area contributed by atoms with Crippen molar-refractivity contribution in [3.63, 3.8) is 0 Å². The molecule has 2 aromatic carbocycles. The summed E-state index contributed by atoms with van der Waals surface area (Å²) in [6.07, 6.45) is 7.62. The van der Waals surface area contributed by atoms with Crippen LogP contribution in [0.2, 0.25) is 0 Å². The van der Waals surface area contributed by atoms with Crippen molar-refractivity contribution >= 4 is 27.6 Å². The number of nitrogens with one attached hydrogen (secondary N) is 2. The van der Waals surface area contributed by atoms with Crippen LogP contribution in [0, 0.1) is 5.82 Å². The predicted octanol–water partition coefficient (Wildman–Crippen LogP) is 6.03. The molecule has 0 aliphatic carbocycles. The number of pyridine rings is 2. The first-order valence-corrected chi connectivity index (χ1v) is 13.4. The van der Waals surface area contributed by atoms with Crippen LogP contribution < -0.4 is 10.5 Å². The van der Waals surface area contributed by atoms with Crippen molar-refractivity contribution < 1.29 is 9.13 Å². The zero-order valence-corrected chi connectivity index (χ0v) is 21.8. The van der Waals surface area contributed by atoms with Crippen LogP contribution in [-0.4, -0.2) is 56.3 Å². The van der Waals surface area contributed by atoms with Crippen LogP contribution in [0.1, 0.15) is 12.8 Å². The van der Waals surface area contributed by atoms with Crippen LogP contribution in [0.25, 0.3) is 55.6 Å². The van der Waals surface area contributed by atoms with E-state index < -0.39 is 0 Å². The number of fused-ring (bicyclic) bond motifs is 2. The molecule has 200 valence electrons. The van der Waals surface area contributed by atoms with E-state index in [2.05, 4.69) is 30.0 Å². The summed E-state index contributed by atoms with van der Waals surface area (Å²) in [6.45, 7) is 3.60. The van der Waals surface area contributed by atoms with Gasteiger partial charge < -0.3 is 15.5 Å². The number of anilines is 1. The number of hydrogen-bond acceptors (Lipinski definition) is 6. The Morgan fingerprint density at radius 1 is 0.925 bits per heavy atom. The molecule has 0 atom stereocenters. The number of nitrogens with two attached hydrogens (primary N) is 1. The fraction of sp³-hybridized carbons (Fsp3) is 0.194. The fourth-order valence-corrected chi connectivity index (χ4v) is 5.52. The second-order valence-corrected chi connectivity index (χ2v) is 10.2. The lowest BCUT2D eigenvalue weighted by atomic mass is 10.0. The average Bonchev–Trinajstić information content (AvgIpc) is 3.72. The number of aromatic nitrogens is 5. The minimum atomic E-state index is -0.325. The van der Waals surface area contributed by atoms with Crippen molar-refractivity contribution in [3.8, 4) is 39.4 Å². The van der Waals surface area contributed by atoms with Crippen LogP contribution in [0.15, 0.2) is 73.2 Å². The first-order chi connectivity index (χ1) is 19.6. The van der Waals surface area contributed by atoms with Gasteiger partial charge in [0.25, 0.3) is 0 Å². The van der Waals surface area contributed by atoms with Gasteiger partial charge in [0.2, 0.25) is 0 Å². The third-order valence-electron chi connectivity index (χ3n) is 7.49. The fourth-order valence-electron chi connectivity index (χ4n) is 5.52. The smallest absolute Gasteiger partial charge is 0.155 e. The summed E-state index contributed by atoms with van der Waals surface area (Å²) in [7, 11) is 0. The van der Waals surface area contributed by atoms with Crippen LogP contribution in [0.4, 0.5) is 10.1 Å². The van der Waals surface area contributed by atoms with Crippen molar-refractivity contribution in [2.75, 3.05) is 32.0 Å². The van der Waals surface area contributed by atoms with E-state index in [0.717, 1.165) is 69.6 Å². The van der Waals surface area contributed by atoms with E-state index in [4.69, 9.17) is 10.5 Å². The number of benzene rings is 2. The number of rotatable bonds is 7. The van der Waals surface area contributed by atoms with Crippen molar-refractivity contribution in [2.24, 2.45) is 0 Å². The molecule has 0 amide bonds. The summed E-state index contributed by atoms with van der Waals surface area (Å²) in [5, 5.41) is 9.43. The molecule has 0 radical (unpaired) electrons. The molecular formula is C31H28FN7O. The van der Waals surface area contributed by atoms with Gasteiger partial charge in [-0.15, -0.1) is 0 Å². The van der Waals surface area contributed by atoms with E-state index >= 15 is 0 Å². The maximum atomic E-state index is 14.7. The van der Waals surface area contributed by atoms with E-state index in [-0.39, 0.29) is 5.82 Å². The molecule has 4 aromatic heterocycles. The summed E-state index contributed by atoms with van der Waals surface area (Å²) in [5.41, 5.74) is 13.2. The first-order valence-electron chi connectivity index (χ1n) is 13.4. The van der Waals surface area contributed by atoms with Gasteiger partial charge in [0.15, 0.2) is 5.65 Å². The lowest BCUT2D eigenvalue weighted by Gasteiger charge is -2.15. The number of ether oxygens (including phenoxy) is 1. The molecule has 1 fully saturated rings. The molecule has 0 spiro atoms. The van der Waals surface area contributed by atoms with Crippen LogP contribution in [0.5, 0.6) is 5.75 Å². The second kappa shape index (κ2) is 10.1. The van der Waals surface area contributed by atoms with Gasteiger partial charge in [-0.05, 0) is 73.5 Å². The summed E-state index contributed by atoms with van der Waals surface area (Å²) < 4.78 is 20.7. The standard InChI is InChI=1S/C31H28FN7O/c32-22-10-19(12-24(14-22)40-9-8-39-6-1-2-7-39)25-4-3-5-28-26(25)15-29(36-28)30-27-13-21(17-35-31(27)38-37-30)20-11-23(33)18-34-16-20/h3-5,10-18,36H,1-2,6-9,33H2,(H,35,37,38). The van der Waals surface area contributed by atoms with Gasteiger partial charge in [-0.1, -0.05) is 12.1 Å². The molecule has 5 heterocycles. The molecule has 6 aromatic rings. The first kappa shape index (κ1) is 24.3. The van der Waals surface area contributed by atoms with E-state index in [0.29, 0.717) is 23.7 Å². The minimum Gasteiger partial charge on any atom is -0.492 e. The van der Waals surface area contributed by atoms with Crippen molar-refractivity contribution in [3.05, 3.63) is 79.0 Å². The van der Waals surface area contributed by atoms with E-state index in [1.165, 1.54) is 18.9 Å². The monoisotopic (exact) mass is 533 g/mol. The molecule has 0 unspecified atom stereocenters.